The van der Waals surface area contributed by atoms with Crippen molar-refractivity contribution < 1.29 is 56.4 Å². The zero-order chi connectivity index (χ0) is 59.1. The molecule has 84 heavy (non-hydrogen) atoms. The molecule has 0 aromatic heterocycles. The van der Waals surface area contributed by atoms with Crippen molar-refractivity contribution in [3.8, 4) is 34.5 Å². The van der Waals surface area contributed by atoms with Crippen molar-refractivity contribution in [3.63, 3.8) is 0 Å². The Morgan fingerprint density at radius 3 is 0.952 bits per heavy atom. The van der Waals surface area contributed by atoms with Gasteiger partial charge >= 0.3 is 23.9 Å². The highest BCUT2D eigenvalue weighted by atomic mass is 19.1. The molecule has 0 N–H and O–H groups in total. The van der Waals surface area contributed by atoms with Gasteiger partial charge in [-0.1, -0.05) is 179 Å². The van der Waals surface area contributed by atoms with Gasteiger partial charge in [-0.25, -0.2) is 28.0 Å². The lowest BCUT2D eigenvalue weighted by Gasteiger charge is -2.17. The Balaban J connectivity index is 0.879. The first kappa shape index (κ1) is 64.2. The Hall–Kier alpha value is -7.34. The van der Waals surface area contributed by atoms with Gasteiger partial charge in [-0.3, -0.25) is 0 Å². The van der Waals surface area contributed by atoms with Gasteiger partial charge in [0.05, 0.1) is 35.5 Å². The van der Waals surface area contributed by atoms with E-state index in [4.69, 9.17) is 28.4 Å². The van der Waals surface area contributed by atoms with E-state index in [2.05, 4.69) is 38.1 Å². The summed E-state index contributed by atoms with van der Waals surface area (Å²) in [4.78, 5) is 54.4. The van der Waals surface area contributed by atoms with E-state index in [1.54, 1.807) is 12.1 Å². The summed E-state index contributed by atoms with van der Waals surface area (Å²) >= 11 is 0. The summed E-state index contributed by atoms with van der Waals surface area (Å²) in [5, 5.41) is 0. The molecule has 0 atom stereocenters. The van der Waals surface area contributed by atoms with Gasteiger partial charge in [0.2, 0.25) is 0 Å². The highest BCUT2D eigenvalue weighted by molar-refractivity contribution is 5.98. The maximum absolute atomic E-state index is 15.0. The van der Waals surface area contributed by atoms with Crippen LogP contribution in [0.3, 0.4) is 0 Å². The van der Waals surface area contributed by atoms with Crippen LogP contribution in [-0.4, -0.2) is 37.1 Å². The molecule has 0 spiro atoms. The average Bonchev–Trinajstić information content (AvgIpc) is 3.44. The highest BCUT2D eigenvalue weighted by Crippen LogP contribution is 2.29. The van der Waals surface area contributed by atoms with Crippen LogP contribution in [0, 0.1) is 11.6 Å². The molecular weight excluding hydrogens is 1060 g/mol. The minimum Gasteiger partial charge on any atom is -0.491 e. The highest BCUT2D eigenvalue weighted by Gasteiger charge is 2.24. The molecule has 0 radical (unpaired) electrons. The smallest absolute Gasteiger partial charge is 0.343 e. The molecule has 6 aromatic rings. The van der Waals surface area contributed by atoms with Crippen molar-refractivity contribution in [2.75, 3.05) is 13.2 Å². The lowest BCUT2D eigenvalue weighted by atomic mass is 9.90. The molecule has 10 nitrogen and oxygen atoms in total. The van der Waals surface area contributed by atoms with E-state index in [1.807, 2.05) is 0 Å². The number of rotatable bonds is 36. The zero-order valence-electron chi connectivity index (χ0n) is 49.6. The molecule has 0 saturated heterocycles. The molecule has 4 aliphatic rings. The standard InChI is InChI=1S/C72H86F2O10/c1-3-5-7-9-11-13-15-17-19-21-23-25-47-79-67-45-43-61(51-65(67)73)83-69(75)55-35-39-59(40-36-55)81-71(77)63-49-58-34-32-54-29-27-53(28-30-54)31-33-57(63)50-64(58)72(78)82-60-41-37-56(38-42-60)70(76)84-62-44-46-68(66(74)52-62)80-48-26-24-22-20-18-16-14-12-10-8-6-4-2/h27-30,35-46,49-52H,3-26,31-34,47-48H2,1-2H3. The van der Waals surface area contributed by atoms with Crippen LogP contribution < -0.4 is 28.4 Å². The number of ether oxygens (including phenoxy) is 6. The predicted molar refractivity (Wildman–Crippen MR) is 326 cm³/mol. The van der Waals surface area contributed by atoms with E-state index >= 15 is 0 Å². The topological polar surface area (TPSA) is 124 Å². The molecule has 0 heterocycles. The number of unbranched alkanes of at least 4 members (excludes halogenated alkanes) is 22. The molecule has 4 aliphatic carbocycles. The van der Waals surface area contributed by atoms with Crippen molar-refractivity contribution >= 4 is 23.9 Å². The van der Waals surface area contributed by atoms with Crippen molar-refractivity contribution in [1.29, 1.82) is 0 Å². The number of hydrogen-bond donors (Lipinski definition) is 0. The van der Waals surface area contributed by atoms with Gasteiger partial charge in [0, 0.05) is 12.1 Å². The Kier molecular flexibility index (Phi) is 27.3. The first-order valence-electron chi connectivity index (χ1n) is 31.2. The molecule has 0 amide bonds. The van der Waals surface area contributed by atoms with E-state index in [0.717, 1.165) is 61.8 Å². The minimum absolute atomic E-state index is 0.0233. The molecule has 12 heteroatoms. The largest absolute Gasteiger partial charge is 0.491 e. The van der Waals surface area contributed by atoms with E-state index in [1.165, 1.54) is 188 Å². The summed E-state index contributed by atoms with van der Waals surface area (Å²) < 4.78 is 64.1. The van der Waals surface area contributed by atoms with E-state index in [0.29, 0.717) is 50.0 Å². The third kappa shape index (κ3) is 21.7. The fourth-order valence-corrected chi connectivity index (χ4v) is 10.5. The van der Waals surface area contributed by atoms with Crippen molar-refractivity contribution in [3.05, 3.63) is 177 Å². The Morgan fingerprint density at radius 1 is 0.333 bits per heavy atom. The van der Waals surface area contributed by atoms with Gasteiger partial charge in [0.15, 0.2) is 23.1 Å². The SMILES string of the molecule is CCCCCCCCCCCCCCOc1ccc(OC(=O)c2ccc(OC(=O)c3cc4c(C(=O)Oc5ccc(C(=O)Oc6ccc(OCCCCCCCCCCCCCC)c(F)c6)cc5)cc3CCc3ccc(cc3)CC4)cc2)cc1F. The van der Waals surface area contributed by atoms with Crippen LogP contribution in [0.2, 0.25) is 0 Å². The fourth-order valence-electron chi connectivity index (χ4n) is 10.5. The summed E-state index contributed by atoms with van der Waals surface area (Å²) in [5.74, 6) is -3.40. The van der Waals surface area contributed by atoms with E-state index in [9.17, 15) is 28.0 Å². The van der Waals surface area contributed by atoms with Crippen LogP contribution in [0.5, 0.6) is 34.5 Å². The second-order valence-corrected chi connectivity index (χ2v) is 22.2. The maximum Gasteiger partial charge on any atom is 0.343 e. The summed E-state index contributed by atoms with van der Waals surface area (Å²) in [6.07, 6.45) is 31.3. The second-order valence-electron chi connectivity index (χ2n) is 22.2. The van der Waals surface area contributed by atoms with Crippen LogP contribution in [0.25, 0.3) is 0 Å². The first-order valence-corrected chi connectivity index (χ1v) is 31.2. The second kappa shape index (κ2) is 35.7. The molecule has 0 saturated carbocycles. The number of carbonyl (C=O) groups excluding carboxylic acids is 4. The van der Waals surface area contributed by atoms with Crippen LogP contribution >= 0.6 is 0 Å². The monoisotopic (exact) mass is 1150 g/mol. The Bertz CT molecular complexity index is 2790. The molecule has 0 unspecified atom stereocenters. The van der Waals surface area contributed by atoms with Gasteiger partial charge in [0.25, 0.3) is 0 Å². The first-order chi connectivity index (χ1) is 41.1. The number of carbonyl (C=O) groups is 4. The third-order valence-corrected chi connectivity index (χ3v) is 15.5. The number of hydrogen-bond acceptors (Lipinski definition) is 10. The lowest BCUT2D eigenvalue weighted by molar-refractivity contribution is 0.0715. The molecule has 448 valence electrons. The maximum atomic E-state index is 15.0. The lowest BCUT2D eigenvalue weighted by Crippen LogP contribution is -2.18. The number of benzene rings is 6. The molecule has 6 aromatic carbocycles. The van der Waals surface area contributed by atoms with Gasteiger partial charge < -0.3 is 28.4 Å². The Labute approximate surface area is 497 Å². The van der Waals surface area contributed by atoms with Crippen LogP contribution in [-0.2, 0) is 25.7 Å². The van der Waals surface area contributed by atoms with Crippen LogP contribution in [0.1, 0.15) is 232 Å². The number of esters is 4. The summed E-state index contributed by atoms with van der Waals surface area (Å²) in [6, 6.07) is 31.5. The van der Waals surface area contributed by atoms with Crippen molar-refractivity contribution in [2.24, 2.45) is 0 Å². The minimum atomic E-state index is -0.722. The van der Waals surface area contributed by atoms with Gasteiger partial charge in [0.1, 0.15) is 23.0 Å². The number of aryl methyl sites for hydroxylation is 4. The molecule has 4 bridgehead atoms. The molecule has 0 aliphatic heterocycles. The zero-order valence-corrected chi connectivity index (χ0v) is 49.6. The quantitative estimate of drug-likeness (QED) is 0.0213. The summed E-state index contributed by atoms with van der Waals surface area (Å²) in [7, 11) is 0. The fraction of sp³-hybridized carbons (Fsp3) is 0.444. The predicted octanol–water partition coefficient (Wildman–Crippen LogP) is 18.9. The van der Waals surface area contributed by atoms with E-state index < -0.39 is 35.5 Å². The normalized spacial score (nSPS) is 11.9. The molecule has 0 fully saturated rings. The number of halogens is 2. The van der Waals surface area contributed by atoms with Crippen LogP contribution in [0.15, 0.2) is 121 Å². The van der Waals surface area contributed by atoms with Gasteiger partial charge in [-0.05, 0) is 146 Å². The third-order valence-electron chi connectivity index (χ3n) is 15.5. The van der Waals surface area contributed by atoms with Gasteiger partial charge in [-0.2, -0.15) is 0 Å². The summed E-state index contributed by atoms with van der Waals surface area (Å²) in [6.45, 7) is 5.29. The van der Waals surface area contributed by atoms with Crippen molar-refractivity contribution in [1.82, 2.24) is 0 Å². The van der Waals surface area contributed by atoms with Crippen molar-refractivity contribution in [2.45, 2.75) is 194 Å². The molecular formula is C72H86F2O10. The van der Waals surface area contributed by atoms with Gasteiger partial charge in [-0.15, -0.1) is 0 Å². The molecule has 10 rings (SSSR count). The average molecular weight is 1150 g/mol. The Morgan fingerprint density at radius 2 is 0.631 bits per heavy atom. The van der Waals surface area contributed by atoms with E-state index in [-0.39, 0.29) is 56.8 Å². The van der Waals surface area contributed by atoms with Crippen LogP contribution in [0.4, 0.5) is 8.78 Å². The summed E-state index contributed by atoms with van der Waals surface area (Å²) in [5.41, 5.74) is 4.14.